The molecule has 1 aromatic heterocycles. The maximum absolute atomic E-state index is 14.7. The van der Waals surface area contributed by atoms with Crippen molar-refractivity contribution in [1.29, 1.82) is 0 Å². The Kier molecular flexibility index (Phi) is 9.43. The van der Waals surface area contributed by atoms with Crippen molar-refractivity contribution >= 4 is 38.7 Å². The van der Waals surface area contributed by atoms with Gasteiger partial charge in [0.05, 0.1) is 33.9 Å². The zero-order valence-electron chi connectivity index (χ0n) is 29.6. The van der Waals surface area contributed by atoms with Crippen LogP contribution in [0.4, 0.5) is 5.69 Å². The van der Waals surface area contributed by atoms with Crippen molar-refractivity contribution in [3.05, 3.63) is 94.3 Å². The number of hydrogen-bond donors (Lipinski definition) is 0. The third-order valence-electron chi connectivity index (χ3n) is 11.9. The van der Waals surface area contributed by atoms with Gasteiger partial charge in [0.1, 0.15) is 5.75 Å². The van der Waals surface area contributed by atoms with Crippen LogP contribution in [0.25, 0.3) is 0 Å². The van der Waals surface area contributed by atoms with Gasteiger partial charge in [0.25, 0.3) is 5.91 Å². The highest BCUT2D eigenvalue weighted by atomic mass is 35.5. The van der Waals surface area contributed by atoms with Gasteiger partial charge >= 0.3 is 0 Å². The van der Waals surface area contributed by atoms with Crippen LogP contribution in [0.2, 0.25) is 5.02 Å². The summed E-state index contributed by atoms with van der Waals surface area (Å²) < 4.78 is 33.9. The molecule has 0 N–H and O–H groups in total. The van der Waals surface area contributed by atoms with Gasteiger partial charge in [0, 0.05) is 66.0 Å². The number of methoxy groups -OCH3 is 1. The first-order valence-corrected chi connectivity index (χ1v) is 20.8. The second kappa shape index (κ2) is 13.9. The molecule has 270 valence electrons. The first-order valence-electron chi connectivity index (χ1n) is 18.6. The molecule has 3 aliphatic carbocycles. The number of aromatic nitrogens is 1. The number of Topliss-reactive ketones (excluding diaryl/α,β-unsaturated/α-hetero) is 1. The number of halogens is 1. The minimum Gasteiger partial charge on any atom is -0.490 e. The van der Waals surface area contributed by atoms with Gasteiger partial charge in [-0.2, -0.15) is 4.36 Å². The van der Waals surface area contributed by atoms with Gasteiger partial charge in [0.15, 0.2) is 5.78 Å². The van der Waals surface area contributed by atoms with Gasteiger partial charge < -0.3 is 18.9 Å². The molecule has 2 aromatic carbocycles. The Morgan fingerprint density at radius 3 is 2.78 bits per heavy atom. The largest absolute Gasteiger partial charge is 0.490 e. The van der Waals surface area contributed by atoms with E-state index in [9.17, 15) is 13.8 Å². The van der Waals surface area contributed by atoms with E-state index in [1.165, 1.54) is 11.1 Å². The van der Waals surface area contributed by atoms with Crippen molar-refractivity contribution in [1.82, 2.24) is 4.57 Å². The first kappa shape index (κ1) is 34.7. The van der Waals surface area contributed by atoms with Crippen LogP contribution in [0.5, 0.6) is 5.75 Å². The Morgan fingerprint density at radius 1 is 1.14 bits per heavy atom. The van der Waals surface area contributed by atoms with E-state index in [4.69, 9.17) is 21.1 Å². The average Bonchev–Trinajstić information content (AvgIpc) is 3.85. The summed E-state index contributed by atoms with van der Waals surface area (Å²) in [6.45, 7) is 4.08. The molecular formula is C41H48ClN3O5S. The van der Waals surface area contributed by atoms with Crippen molar-refractivity contribution in [3.63, 3.8) is 0 Å². The number of amides is 1. The number of aryl methyl sites for hydroxylation is 1. The molecule has 2 aliphatic heterocycles. The molecule has 1 spiro atoms. The standard InChI is InChI=1S/C41H48ClN3O5S/c1-27-5-3-7-38(49-2)34-13-8-30(34)21-45-25-41(17-4-6-28-19-32(42)10-14-35(28)41)26-50-39-15-9-29(20-36(39)45)40(47)43-51(48,23-27)24-37(46)31-16-18-44(22-31)33-11-12-33/h3,7,9-10,14-16,18-20,22,27,30,33-34,38H,4-6,8,11-13,17,21,23-26H2,1-2H3/b7-3+/t27-,30-,34+,38-,41-,51+/m0/s1. The summed E-state index contributed by atoms with van der Waals surface area (Å²) in [5, 5.41) is 0.751. The van der Waals surface area contributed by atoms with Gasteiger partial charge in [-0.25, -0.2) is 4.21 Å². The summed E-state index contributed by atoms with van der Waals surface area (Å²) in [7, 11) is -1.46. The quantitative estimate of drug-likeness (QED) is 0.195. The Balaban J connectivity index is 1.18. The number of anilines is 1. The number of hydrogen-bond acceptors (Lipinski definition) is 6. The second-order valence-electron chi connectivity index (χ2n) is 15.7. The van der Waals surface area contributed by atoms with Crippen molar-refractivity contribution in [2.75, 3.05) is 43.2 Å². The van der Waals surface area contributed by atoms with Gasteiger partial charge in [-0.15, -0.1) is 0 Å². The lowest BCUT2D eigenvalue weighted by molar-refractivity contribution is 0.0131. The van der Waals surface area contributed by atoms with E-state index in [1.54, 1.807) is 19.2 Å². The number of benzene rings is 2. The molecule has 8 nitrogen and oxygen atoms in total. The van der Waals surface area contributed by atoms with E-state index in [0.29, 0.717) is 42.0 Å². The Hall–Kier alpha value is -3.40. The summed E-state index contributed by atoms with van der Waals surface area (Å²) in [4.78, 5) is 30.1. The number of nitrogens with zero attached hydrogens (tertiary/aromatic N) is 3. The number of carbonyl (C=O) groups excluding carboxylic acids is 2. The normalized spacial score (nSPS) is 31.4. The van der Waals surface area contributed by atoms with Crippen LogP contribution in [0.3, 0.4) is 0 Å². The maximum atomic E-state index is 14.7. The highest BCUT2D eigenvalue weighted by Gasteiger charge is 2.44. The Morgan fingerprint density at radius 2 is 2.00 bits per heavy atom. The first-order chi connectivity index (χ1) is 24.6. The second-order valence-corrected chi connectivity index (χ2v) is 18.5. The van der Waals surface area contributed by atoms with Crippen molar-refractivity contribution in [2.24, 2.45) is 22.1 Å². The summed E-state index contributed by atoms with van der Waals surface area (Å²) in [5.74, 6) is 0.491. The van der Waals surface area contributed by atoms with Gasteiger partial charge in [-0.3, -0.25) is 9.59 Å². The fourth-order valence-corrected chi connectivity index (χ4v) is 11.4. The third kappa shape index (κ3) is 7.06. The molecule has 3 aromatic rings. The van der Waals surface area contributed by atoms with Gasteiger partial charge in [-0.1, -0.05) is 36.7 Å². The molecular weight excluding hydrogens is 682 g/mol. The van der Waals surface area contributed by atoms with Gasteiger partial charge in [-0.05, 0) is 117 Å². The van der Waals surface area contributed by atoms with E-state index >= 15 is 0 Å². The molecule has 2 bridgehead atoms. The molecule has 5 aliphatic rings. The van der Waals surface area contributed by atoms with Crippen LogP contribution >= 0.6 is 11.6 Å². The van der Waals surface area contributed by atoms with Crippen molar-refractivity contribution in [2.45, 2.75) is 75.9 Å². The number of ketones is 1. The average molecular weight is 730 g/mol. The van der Waals surface area contributed by atoms with Gasteiger partial charge in [0.2, 0.25) is 0 Å². The molecule has 2 saturated carbocycles. The zero-order valence-corrected chi connectivity index (χ0v) is 31.2. The Bertz CT molecular complexity index is 1990. The summed E-state index contributed by atoms with van der Waals surface area (Å²) in [6.07, 6.45) is 16.1. The molecule has 6 atom stereocenters. The fourth-order valence-electron chi connectivity index (χ4n) is 8.94. The Labute approximate surface area is 306 Å². The molecule has 10 heteroatoms. The topological polar surface area (TPSA) is 90.2 Å². The fraction of sp³-hybridized carbons (Fsp3) is 0.512. The summed E-state index contributed by atoms with van der Waals surface area (Å²) in [6, 6.07) is 14.0. The lowest BCUT2D eigenvalue weighted by atomic mass is 9.68. The van der Waals surface area contributed by atoms with E-state index in [1.807, 2.05) is 37.5 Å². The molecule has 51 heavy (non-hydrogen) atoms. The van der Waals surface area contributed by atoms with Crippen LogP contribution in [0.15, 0.2) is 71.4 Å². The number of ether oxygens (including phenoxy) is 2. The summed E-state index contributed by atoms with van der Waals surface area (Å²) in [5.41, 5.74) is 4.06. The molecule has 0 radical (unpaired) electrons. The molecule has 0 saturated heterocycles. The van der Waals surface area contributed by atoms with Crippen LogP contribution in [-0.4, -0.2) is 64.9 Å². The predicted octanol–water partition coefficient (Wildman–Crippen LogP) is 8.08. The number of rotatable bonds is 5. The van der Waals surface area contributed by atoms with E-state index in [-0.39, 0.29) is 34.7 Å². The molecule has 2 fully saturated rings. The van der Waals surface area contributed by atoms with E-state index in [2.05, 4.69) is 38.1 Å². The number of carbonyl (C=O) groups is 2. The van der Waals surface area contributed by atoms with Crippen LogP contribution in [0, 0.1) is 17.8 Å². The zero-order chi connectivity index (χ0) is 35.3. The monoisotopic (exact) mass is 729 g/mol. The lowest BCUT2D eigenvalue weighted by Crippen LogP contribution is -2.49. The minimum atomic E-state index is -3.24. The van der Waals surface area contributed by atoms with Crippen molar-refractivity contribution in [3.8, 4) is 5.75 Å². The maximum Gasteiger partial charge on any atom is 0.285 e. The number of allylic oxidation sites excluding steroid dienone is 1. The van der Waals surface area contributed by atoms with Crippen LogP contribution in [-0.2, 0) is 26.3 Å². The molecule has 8 rings (SSSR count). The highest BCUT2D eigenvalue weighted by Crippen LogP contribution is 2.47. The van der Waals surface area contributed by atoms with Crippen molar-refractivity contribution < 1.29 is 23.3 Å². The molecule has 1 amide bonds. The highest BCUT2D eigenvalue weighted by molar-refractivity contribution is 7.94. The van der Waals surface area contributed by atoms with E-state index < -0.39 is 15.6 Å². The van der Waals surface area contributed by atoms with E-state index in [0.717, 1.165) is 74.5 Å². The molecule has 3 heterocycles. The smallest absolute Gasteiger partial charge is 0.285 e. The van der Waals surface area contributed by atoms with Crippen LogP contribution in [0.1, 0.15) is 89.8 Å². The predicted molar refractivity (Wildman–Crippen MR) is 202 cm³/mol. The van der Waals surface area contributed by atoms with Crippen LogP contribution < -0.4 is 9.64 Å². The minimum absolute atomic E-state index is 0.0305. The third-order valence-corrected chi connectivity index (χ3v) is 14.5. The molecule has 0 unspecified atom stereocenters. The lowest BCUT2D eigenvalue weighted by Gasteiger charge is -2.46. The summed E-state index contributed by atoms with van der Waals surface area (Å²) >= 11 is 6.47. The SMILES string of the molecule is CO[C@H]1/C=C/C[C@H](C)C[S@@](=O)(CC(=O)c2ccn(C3CC3)c2)=NC(=O)c2ccc3c(c2)N(C[C@@H]2CC[C@H]21)C[C@@]1(CCCc2cc(Cl)ccc21)CO3. The number of fused-ring (bicyclic) bond motifs is 4.